The van der Waals surface area contributed by atoms with Gasteiger partial charge in [0.15, 0.2) is 5.69 Å². The second-order valence-electron chi connectivity index (χ2n) is 4.72. The monoisotopic (exact) mass is 352 g/mol. The zero-order valence-corrected chi connectivity index (χ0v) is 13.9. The molecule has 0 aliphatic heterocycles. The minimum Gasteiger partial charge on any atom is -0.354 e. The first-order valence-electron chi connectivity index (χ1n) is 7.10. The van der Waals surface area contributed by atoms with Gasteiger partial charge in [0.25, 0.3) is 5.91 Å². The second-order valence-corrected chi connectivity index (χ2v) is 5.86. The molecule has 1 aromatic rings. The number of Topliss-reactive ketones (excluding diaryl/α,β-unsaturated/α-hetero) is 1. The average Bonchev–Trinajstić information content (AvgIpc) is 3.03. The van der Waals surface area contributed by atoms with Crippen LogP contribution in [0.15, 0.2) is 15.5 Å². The van der Waals surface area contributed by atoms with Crippen LogP contribution in [0.3, 0.4) is 0 Å². The molecule has 0 aromatic carbocycles. The molecule has 1 aliphatic rings. The first kappa shape index (κ1) is 17.7. The van der Waals surface area contributed by atoms with E-state index in [1.54, 1.807) is 0 Å². The van der Waals surface area contributed by atoms with Gasteiger partial charge < -0.3 is 20.5 Å². The van der Waals surface area contributed by atoms with Crippen molar-refractivity contribution in [3.63, 3.8) is 0 Å². The molecular weight excluding hydrogens is 336 g/mol. The molecule has 0 unspecified atom stereocenters. The SMILES string of the molecule is CNC(=O)NCCCSC1=CC(=O)c2onc(C(=O)NC)c2C1=O. The summed E-state index contributed by atoms with van der Waals surface area (Å²) >= 11 is 1.18. The number of fused-ring (bicyclic) bond motifs is 1. The molecule has 0 radical (unpaired) electrons. The van der Waals surface area contributed by atoms with Gasteiger partial charge in [0, 0.05) is 26.7 Å². The van der Waals surface area contributed by atoms with Crippen LogP contribution in [-0.2, 0) is 0 Å². The molecule has 24 heavy (non-hydrogen) atoms. The van der Waals surface area contributed by atoms with Crippen molar-refractivity contribution in [1.82, 2.24) is 21.1 Å². The fraction of sp³-hybridized carbons (Fsp3) is 0.357. The Morgan fingerprint density at radius 1 is 1.25 bits per heavy atom. The van der Waals surface area contributed by atoms with Crippen molar-refractivity contribution < 1.29 is 23.7 Å². The lowest BCUT2D eigenvalue weighted by Gasteiger charge is -2.10. The number of hydrogen-bond acceptors (Lipinski definition) is 7. The van der Waals surface area contributed by atoms with Crippen LogP contribution in [0.25, 0.3) is 0 Å². The normalized spacial score (nSPS) is 13.2. The van der Waals surface area contributed by atoms with Gasteiger partial charge in [0.05, 0.1) is 4.91 Å². The Kier molecular flexibility index (Phi) is 5.74. The maximum Gasteiger partial charge on any atom is 0.314 e. The maximum atomic E-state index is 12.5. The van der Waals surface area contributed by atoms with Gasteiger partial charge in [-0.3, -0.25) is 14.4 Å². The zero-order valence-electron chi connectivity index (χ0n) is 13.1. The smallest absolute Gasteiger partial charge is 0.314 e. The lowest BCUT2D eigenvalue weighted by atomic mass is 10.00. The molecule has 1 heterocycles. The number of amides is 3. The van der Waals surface area contributed by atoms with E-state index in [2.05, 4.69) is 21.1 Å². The fourth-order valence-corrected chi connectivity index (χ4v) is 2.90. The number of hydrogen-bond donors (Lipinski definition) is 3. The third-order valence-corrected chi connectivity index (χ3v) is 4.27. The Morgan fingerprint density at radius 3 is 2.67 bits per heavy atom. The number of nitrogens with one attached hydrogen (secondary N) is 3. The van der Waals surface area contributed by atoms with Gasteiger partial charge in [-0.05, 0) is 12.2 Å². The summed E-state index contributed by atoms with van der Waals surface area (Å²) in [5.74, 6) is -1.26. The third kappa shape index (κ3) is 3.65. The van der Waals surface area contributed by atoms with Crippen molar-refractivity contribution >= 4 is 35.3 Å². The Balaban J connectivity index is 2.02. The molecule has 0 bridgehead atoms. The van der Waals surface area contributed by atoms with Gasteiger partial charge in [0.1, 0.15) is 5.56 Å². The van der Waals surface area contributed by atoms with Gasteiger partial charge in [-0.25, -0.2) is 4.79 Å². The number of carbonyl (C=O) groups is 4. The van der Waals surface area contributed by atoms with Crippen LogP contribution in [0.4, 0.5) is 4.79 Å². The molecule has 2 rings (SSSR count). The summed E-state index contributed by atoms with van der Waals surface area (Å²) in [6.45, 7) is 0.435. The summed E-state index contributed by atoms with van der Waals surface area (Å²) in [5.41, 5.74) is -0.300. The largest absolute Gasteiger partial charge is 0.354 e. The standard InChI is InChI=1S/C14H16N4O5S/c1-15-13(21)10-9-11(20)8(6-7(19)12(9)23-18-10)24-5-3-4-17-14(22)16-2/h6H,3-5H2,1-2H3,(H,15,21)(H2,16,17,22). The van der Waals surface area contributed by atoms with Crippen molar-refractivity contribution in [2.24, 2.45) is 0 Å². The number of urea groups is 1. The van der Waals surface area contributed by atoms with Gasteiger partial charge >= 0.3 is 6.03 Å². The molecule has 128 valence electrons. The summed E-state index contributed by atoms with van der Waals surface area (Å²) in [6.07, 6.45) is 1.79. The molecular formula is C14H16N4O5S. The fourth-order valence-electron chi connectivity index (χ4n) is 1.97. The van der Waals surface area contributed by atoms with Crippen molar-refractivity contribution in [1.29, 1.82) is 0 Å². The van der Waals surface area contributed by atoms with Crippen LogP contribution in [0.5, 0.6) is 0 Å². The van der Waals surface area contributed by atoms with Crippen LogP contribution in [0.2, 0.25) is 0 Å². The molecule has 0 atom stereocenters. The van der Waals surface area contributed by atoms with Gasteiger partial charge in [-0.2, -0.15) is 0 Å². The van der Waals surface area contributed by atoms with E-state index in [-0.39, 0.29) is 28.0 Å². The van der Waals surface area contributed by atoms with E-state index in [0.717, 1.165) is 0 Å². The summed E-state index contributed by atoms with van der Waals surface area (Å²) in [6, 6.07) is -0.285. The van der Waals surface area contributed by atoms with Crippen LogP contribution >= 0.6 is 11.8 Å². The minimum absolute atomic E-state index is 0.104. The van der Waals surface area contributed by atoms with Gasteiger partial charge in [0.2, 0.25) is 17.3 Å². The molecule has 3 amide bonds. The van der Waals surface area contributed by atoms with E-state index in [1.807, 2.05) is 0 Å². The summed E-state index contributed by atoms with van der Waals surface area (Å²) in [5, 5.41) is 10.9. The van der Waals surface area contributed by atoms with Crippen LogP contribution in [0.1, 0.15) is 37.8 Å². The highest BCUT2D eigenvalue weighted by Gasteiger charge is 2.35. The van der Waals surface area contributed by atoms with Gasteiger partial charge in [-0.15, -0.1) is 11.8 Å². The molecule has 10 heteroatoms. The highest BCUT2D eigenvalue weighted by molar-refractivity contribution is 8.04. The van der Waals surface area contributed by atoms with E-state index >= 15 is 0 Å². The molecule has 0 saturated heterocycles. The van der Waals surface area contributed by atoms with E-state index in [4.69, 9.17) is 4.52 Å². The van der Waals surface area contributed by atoms with Crippen molar-refractivity contribution in [2.45, 2.75) is 6.42 Å². The number of ketones is 2. The molecule has 0 spiro atoms. The van der Waals surface area contributed by atoms with Crippen molar-refractivity contribution in [3.8, 4) is 0 Å². The van der Waals surface area contributed by atoms with E-state index in [9.17, 15) is 19.2 Å². The second kappa shape index (κ2) is 7.77. The molecule has 0 fully saturated rings. The Morgan fingerprint density at radius 2 is 2.00 bits per heavy atom. The summed E-state index contributed by atoms with van der Waals surface area (Å²) in [4.78, 5) is 47.5. The van der Waals surface area contributed by atoms with E-state index in [0.29, 0.717) is 18.7 Å². The number of nitrogens with zero attached hydrogens (tertiary/aromatic N) is 1. The summed E-state index contributed by atoms with van der Waals surface area (Å²) in [7, 11) is 2.91. The highest BCUT2D eigenvalue weighted by atomic mass is 32.2. The summed E-state index contributed by atoms with van der Waals surface area (Å²) < 4.78 is 4.83. The molecule has 1 aliphatic carbocycles. The average molecular weight is 352 g/mol. The van der Waals surface area contributed by atoms with Crippen molar-refractivity contribution in [3.05, 3.63) is 28.0 Å². The third-order valence-electron chi connectivity index (χ3n) is 3.16. The number of allylic oxidation sites excluding steroid dienone is 2. The minimum atomic E-state index is -0.595. The maximum absolute atomic E-state index is 12.5. The zero-order chi connectivity index (χ0) is 17.7. The molecule has 3 N–H and O–H groups in total. The lowest BCUT2D eigenvalue weighted by molar-refractivity contribution is 0.0944. The van der Waals surface area contributed by atoms with Gasteiger partial charge in [-0.1, -0.05) is 5.16 Å². The van der Waals surface area contributed by atoms with Crippen molar-refractivity contribution in [2.75, 3.05) is 26.4 Å². The van der Waals surface area contributed by atoms with Crippen LogP contribution in [-0.4, -0.2) is 55.1 Å². The molecule has 0 saturated carbocycles. The Labute approximate surface area is 141 Å². The molecule has 1 aromatic heterocycles. The Bertz CT molecular complexity index is 725. The number of aromatic nitrogens is 1. The van der Waals surface area contributed by atoms with E-state index < -0.39 is 17.5 Å². The first-order chi connectivity index (χ1) is 11.5. The predicted molar refractivity (Wildman–Crippen MR) is 86.2 cm³/mol. The highest BCUT2D eigenvalue weighted by Crippen LogP contribution is 2.30. The predicted octanol–water partition coefficient (Wildman–Crippen LogP) is 0.349. The first-order valence-corrected chi connectivity index (χ1v) is 8.09. The topological polar surface area (TPSA) is 130 Å². The number of carbonyl (C=O) groups excluding carboxylic acids is 4. The number of thioether (sulfide) groups is 1. The number of rotatable bonds is 6. The van der Waals surface area contributed by atoms with Crippen LogP contribution in [0, 0.1) is 0 Å². The van der Waals surface area contributed by atoms with Crippen LogP contribution < -0.4 is 16.0 Å². The quantitative estimate of drug-likeness (QED) is 0.630. The van der Waals surface area contributed by atoms with E-state index in [1.165, 1.54) is 31.9 Å². The Hall–Kier alpha value is -2.62. The molecule has 9 nitrogen and oxygen atoms in total. The lowest BCUT2D eigenvalue weighted by Crippen LogP contribution is -2.33.